The highest BCUT2D eigenvalue weighted by Gasteiger charge is 2.13. The van der Waals surface area contributed by atoms with Gasteiger partial charge < -0.3 is 19.9 Å². The highest BCUT2D eigenvalue weighted by Crippen LogP contribution is 2.20. The Labute approximate surface area is 186 Å². The molecule has 1 aromatic heterocycles. The lowest BCUT2D eigenvalue weighted by molar-refractivity contribution is -0.120. The molecule has 0 bridgehead atoms. The number of nitrogens with one attached hydrogen (secondary N) is 2. The number of para-hydroxylation sites is 2. The highest BCUT2D eigenvalue weighted by atomic mass is 32.2. The van der Waals surface area contributed by atoms with Crippen molar-refractivity contribution >= 4 is 23.4 Å². The predicted octanol–water partition coefficient (Wildman–Crippen LogP) is 3.88. The van der Waals surface area contributed by atoms with Crippen LogP contribution < -0.4 is 15.4 Å². The molecular weight excluding hydrogens is 410 g/mol. The molecule has 0 fully saturated rings. The van der Waals surface area contributed by atoms with Crippen LogP contribution in [0.15, 0.2) is 72.4 Å². The molecule has 8 heteroatoms. The fraction of sp³-hybridized carbons (Fsp3) is 0.261. The highest BCUT2D eigenvalue weighted by molar-refractivity contribution is 7.99. The van der Waals surface area contributed by atoms with Crippen LogP contribution in [0.1, 0.15) is 17.8 Å². The zero-order valence-corrected chi connectivity index (χ0v) is 18.4. The van der Waals surface area contributed by atoms with Crippen molar-refractivity contribution in [2.24, 2.45) is 0 Å². The van der Waals surface area contributed by atoms with E-state index in [1.54, 1.807) is 7.11 Å². The fourth-order valence-corrected chi connectivity index (χ4v) is 3.88. The lowest BCUT2D eigenvalue weighted by Gasteiger charge is -2.10. The molecule has 0 radical (unpaired) electrons. The predicted molar refractivity (Wildman–Crippen MR) is 124 cm³/mol. The van der Waals surface area contributed by atoms with Crippen molar-refractivity contribution in [1.82, 2.24) is 20.1 Å². The van der Waals surface area contributed by atoms with Crippen LogP contribution in [0.2, 0.25) is 0 Å². The van der Waals surface area contributed by atoms with Crippen molar-refractivity contribution in [3.63, 3.8) is 0 Å². The number of hydrogen-bond acceptors (Lipinski definition) is 6. The van der Waals surface area contributed by atoms with Crippen LogP contribution >= 0.6 is 11.8 Å². The van der Waals surface area contributed by atoms with Gasteiger partial charge in [0.15, 0.2) is 11.0 Å². The molecule has 0 atom stereocenters. The van der Waals surface area contributed by atoms with Gasteiger partial charge in [0.2, 0.25) is 5.91 Å². The first-order valence-electron chi connectivity index (χ1n) is 10.0. The van der Waals surface area contributed by atoms with E-state index < -0.39 is 0 Å². The van der Waals surface area contributed by atoms with Gasteiger partial charge in [0.05, 0.1) is 13.7 Å². The molecule has 3 aromatic rings. The second-order valence-corrected chi connectivity index (χ2v) is 7.77. The van der Waals surface area contributed by atoms with Crippen molar-refractivity contribution in [3.8, 4) is 5.75 Å². The molecule has 162 valence electrons. The SMILES string of the molecule is C=CCn1c(CNc2ccccc2)nnc1SCCC(=O)NCc1ccccc1OC. The minimum absolute atomic E-state index is 0.0147. The van der Waals surface area contributed by atoms with E-state index in [-0.39, 0.29) is 5.91 Å². The summed E-state index contributed by atoms with van der Waals surface area (Å²) in [7, 11) is 1.63. The van der Waals surface area contributed by atoms with E-state index in [2.05, 4.69) is 27.4 Å². The summed E-state index contributed by atoms with van der Waals surface area (Å²) in [4.78, 5) is 12.2. The number of nitrogens with zero attached hydrogens (tertiary/aromatic N) is 3. The summed E-state index contributed by atoms with van der Waals surface area (Å²) in [6.45, 7) is 5.44. The minimum Gasteiger partial charge on any atom is -0.496 e. The van der Waals surface area contributed by atoms with Crippen LogP contribution in [0.25, 0.3) is 0 Å². The zero-order chi connectivity index (χ0) is 21.9. The number of benzene rings is 2. The van der Waals surface area contributed by atoms with Crippen molar-refractivity contribution in [3.05, 3.63) is 78.6 Å². The van der Waals surface area contributed by atoms with Gasteiger partial charge in [-0.05, 0) is 18.2 Å². The van der Waals surface area contributed by atoms with Gasteiger partial charge in [-0.15, -0.1) is 16.8 Å². The van der Waals surface area contributed by atoms with Gasteiger partial charge in [-0.2, -0.15) is 0 Å². The molecule has 0 saturated heterocycles. The van der Waals surface area contributed by atoms with Crippen LogP contribution in [0.3, 0.4) is 0 Å². The van der Waals surface area contributed by atoms with Gasteiger partial charge in [0.1, 0.15) is 5.75 Å². The van der Waals surface area contributed by atoms with Crippen molar-refractivity contribution in [2.75, 3.05) is 18.2 Å². The minimum atomic E-state index is -0.0147. The maximum Gasteiger partial charge on any atom is 0.221 e. The first kappa shape index (κ1) is 22.4. The smallest absolute Gasteiger partial charge is 0.221 e. The number of carbonyl (C=O) groups excluding carboxylic acids is 1. The Morgan fingerprint density at radius 2 is 1.90 bits per heavy atom. The Morgan fingerprint density at radius 3 is 2.68 bits per heavy atom. The van der Waals surface area contributed by atoms with E-state index in [9.17, 15) is 4.79 Å². The van der Waals surface area contributed by atoms with Gasteiger partial charge in [-0.3, -0.25) is 4.79 Å². The van der Waals surface area contributed by atoms with E-state index in [1.165, 1.54) is 11.8 Å². The third kappa shape index (κ3) is 6.62. The summed E-state index contributed by atoms with van der Waals surface area (Å²) in [6, 6.07) is 17.6. The molecular formula is C23H27N5O2S. The summed E-state index contributed by atoms with van der Waals surface area (Å²) in [5, 5.41) is 15.7. The van der Waals surface area contributed by atoms with Gasteiger partial charge >= 0.3 is 0 Å². The maximum absolute atomic E-state index is 12.2. The lowest BCUT2D eigenvalue weighted by Crippen LogP contribution is -2.23. The number of rotatable bonds is 12. The summed E-state index contributed by atoms with van der Waals surface area (Å²) in [6.07, 6.45) is 2.21. The molecule has 0 unspecified atom stereocenters. The number of ether oxygens (including phenoxy) is 1. The molecule has 0 aliphatic rings. The number of amides is 1. The number of carbonyl (C=O) groups is 1. The quantitative estimate of drug-likeness (QED) is 0.331. The second-order valence-electron chi connectivity index (χ2n) is 6.70. The molecule has 1 amide bonds. The number of thioether (sulfide) groups is 1. The average Bonchev–Trinajstić information content (AvgIpc) is 3.19. The number of anilines is 1. The summed E-state index contributed by atoms with van der Waals surface area (Å²) in [5.74, 6) is 2.19. The van der Waals surface area contributed by atoms with E-state index in [4.69, 9.17) is 4.74 Å². The Bertz CT molecular complexity index is 991. The van der Waals surface area contributed by atoms with Crippen LogP contribution in [0.4, 0.5) is 5.69 Å². The van der Waals surface area contributed by atoms with E-state index >= 15 is 0 Å². The Kier molecular flexibility index (Phi) is 8.54. The number of methoxy groups -OCH3 is 1. The molecule has 1 heterocycles. The van der Waals surface area contributed by atoms with E-state index in [0.29, 0.717) is 31.8 Å². The number of allylic oxidation sites excluding steroid dienone is 1. The Hall–Kier alpha value is -3.26. The van der Waals surface area contributed by atoms with Crippen LogP contribution in [0.5, 0.6) is 5.75 Å². The summed E-state index contributed by atoms with van der Waals surface area (Å²) in [5.41, 5.74) is 1.98. The molecule has 7 nitrogen and oxygen atoms in total. The largest absolute Gasteiger partial charge is 0.496 e. The molecule has 0 saturated carbocycles. The van der Waals surface area contributed by atoms with Crippen molar-refractivity contribution < 1.29 is 9.53 Å². The van der Waals surface area contributed by atoms with Crippen LogP contribution in [-0.2, 0) is 24.4 Å². The third-order valence-corrected chi connectivity index (χ3v) is 5.53. The second kappa shape index (κ2) is 11.8. The molecule has 2 N–H and O–H groups in total. The monoisotopic (exact) mass is 437 g/mol. The molecule has 2 aromatic carbocycles. The molecule has 31 heavy (non-hydrogen) atoms. The lowest BCUT2D eigenvalue weighted by atomic mass is 10.2. The Balaban J connectivity index is 1.49. The van der Waals surface area contributed by atoms with E-state index in [0.717, 1.165) is 28.0 Å². The summed E-state index contributed by atoms with van der Waals surface area (Å²) < 4.78 is 7.33. The zero-order valence-electron chi connectivity index (χ0n) is 17.6. The average molecular weight is 438 g/mol. The van der Waals surface area contributed by atoms with Gasteiger partial charge in [0, 0.05) is 36.5 Å². The first-order chi connectivity index (χ1) is 15.2. The standard InChI is InChI=1S/C23H27N5O2S/c1-3-14-28-21(17-24-19-10-5-4-6-11-19)26-27-23(28)31-15-13-22(29)25-16-18-9-7-8-12-20(18)30-2/h3-12,24H,1,13-17H2,2H3,(H,25,29). The molecule has 0 aliphatic heterocycles. The third-order valence-electron chi connectivity index (χ3n) is 4.56. The summed E-state index contributed by atoms with van der Waals surface area (Å²) >= 11 is 1.52. The van der Waals surface area contributed by atoms with Gasteiger partial charge in [-0.25, -0.2) is 0 Å². The van der Waals surface area contributed by atoms with Crippen molar-refractivity contribution in [1.29, 1.82) is 0 Å². The fourth-order valence-electron chi connectivity index (χ4n) is 2.97. The van der Waals surface area contributed by atoms with Crippen molar-refractivity contribution in [2.45, 2.75) is 31.2 Å². The van der Waals surface area contributed by atoms with Gasteiger partial charge in [0.25, 0.3) is 0 Å². The molecule has 0 aliphatic carbocycles. The normalized spacial score (nSPS) is 10.5. The number of aromatic nitrogens is 3. The topological polar surface area (TPSA) is 81.1 Å². The molecule has 0 spiro atoms. The molecule has 3 rings (SSSR count). The van der Waals surface area contributed by atoms with Gasteiger partial charge in [-0.1, -0.05) is 54.2 Å². The van der Waals surface area contributed by atoms with Crippen LogP contribution in [-0.4, -0.2) is 33.5 Å². The first-order valence-corrected chi connectivity index (χ1v) is 11.0. The number of hydrogen-bond donors (Lipinski definition) is 2. The maximum atomic E-state index is 12.2. The van der Waals surface area contributed by atoms with Crippen LogP contribution in [0, 0.1) is 0 Å². The van der Waals surface area contributed by atoms with E-state index in [1.807, 2.05) is 65.2 Å². The Morgan fingerprint density at radius 1 is 1.13 bits per heavy atom.